The molecule has 0 atom stereocenters. The number of hydrogen-bond donors (Lipinski definition) is 2. The average Bonchev–Trinajstić information content (AvgIpc) is 2.96. The number of nitrogens with one attached hydrogen (secondary N) is 1. The molecule has 0 saturated heterocycles. The maximum atomic E-state index is 12.9. The molecule has 7 nitrogen and oxygen atoms in total. The number of aromatic amines is 1. The van der Waals surface area contributed by atoms with Crippen LogP contribution < -0.4 is 4.74 Å². The third-order valence-corrected chi connectivity index (χ3v) is 4.70. The zero-order valence-electron chi connectivity index (χ0n) is 15.8. The molecule has 28 heavy (non-hydrogen) atoms. The van der Waals surface area contributed by atoms with Crippen molar-refractivity contribution in [2.75, 3.05) is 13.7 Å². The van der Waals surface area contributed by atoms with Gasteiger partial charge >= 0.3 is 5.97 Å². The van der Waals surface area contributed by atoms with E-state index < -0.39 is 11.8 Å². The van der Waals surface area contributed by atoms with Crippen molar-refractivity contribution in [1.29, 1.82) is 5.26 Å². The number of esters is 1. The molecule has 0 aliphatic heterocycles. The fourth-order valence-electron chi connectivity index (χ4n) is 2.77. The lowest BCUT2D eigenvalue weighted by Gasteiger charge is -2.07. The van der Waals surface area contributed by atoms with Crippen molar-refractivity contribution >= 4 is 33.8 Å². The molecule has 8 heteroatoms. The van der Waals surface area contributed by atoms with Crippen molar-refractivity contribution in [3.63, 3.8) is 0 Å². The smallest absolute Gasteiger partial charge is 0.340 e. The number of carbonyl (C=O) groups is 2. The fourth-order valence-corrected chi connectivity index (χ4v) is 3.23. The molecule has 146 valence electrons. The Morgan fingerprint density at radius 3 is 2.61 bits per heavy atom. The van der Waals surface area contributed by atoms with Gasteiger partial charge < -0.3 is 19.6 Å². The maximum absolute atomic E-state index is 12.9. The molecule has 1 aromatic heterocycles. The second-order valence-corrected chi connectivity index (χ2v) is 6.75. The molecule has 0 saturated carbocycles. The van der Waals surface area contributed by atoms with E-state index in [1.165, 1.54) is 19.3 Å². The van der Waals surface area contributed by atoms with Crippen LogP contribution in [0.5, 0.6) is 11.5 Å². The molecular formula is C20H19BrN2O5. The van der Waals surface area contributed by atoms with Gasteiger partial charge in [-0.2, -0.15) is 5.26 Å². The molecule has 2 N–H and O–H groups in total. The molecule has 0 amide bonds. The number of phenolic OH excluding ortho intramolecular Hbond substituents is 1. The first-order valence-electron chi connectivity index (χ1n) is 8.34. The summed E-state index contributed by atoms with van der Waals surface area (Å²) in [6.45, 7) is 5.20. The van der Waals surface area contributed by atoms with E-state index in [-0.39, 0.29) is 34.9 Å². The summed E-state index contributed by atoms with van der Waals surface area (Å²) in [5.74, 6) is -0.967. The lowest BCUT2D eigenvalue weighted by molar-refractivity contribution is 0.0525. The number of nitrogens with zero attached hydrogens (tertiary/aromatic N) is 1. The second kappa shape index (κ2) is 8.76. The fraction of sp³-hybridized carbons (Fsp3) is 0.250. The van der Waals surface area contributed by atoms with Crippen LogP contribution in [0.1, 0.15) is 44.6 Å². The third-order valence-electron chi connectivity index (χ3n) is 4.09. The van der Waals surface area contributed by atoms with Crippen LogP contribution in [-0.4, -0.2) is 35.6 Å². The number of nitriles is 1. The molecule has 2 aromatic rings. The van der Waals surface area contributed by atoms with Crippen molar-refractivity contribution in [1.82, 2.24) is 4.98 Å². The predicted molar refractivity (Wildman–Crippen MR) is 107 cm³/mol. The third kappa shape index (κ3) is 4.10. The van der Waals surface area contributed by atoms with Gasteiger partial charge in [-0.15, -0.1) is 0 Å². The largest absolute Gasteiger partial charge is 0.503 e. The van der Waals surface area contributed by atoms with Gasteiger partial charge in [0, 0.05) is 5.69 Å². The zero-order valence-corrected chi connectivity index (χ0v) is 17.4. The SMILES string of the molecule is CCOC(=O)c1c(C)[nH]c(C(=O)/C(C#N)=C/c2cc(Br)c(O)c(OC)c2)c1C. The van der Waals surface area contributed by atoms with Gasteiger partial charge in [0.15, 0.2) is 11.5 Å². The molecule has 2 rings (SSSR count). The Morgan fingerprint density at radius 2 is 2.04 bits per heavy atom. The molecule has 0 radical (unpaired) electrons. The van der Waals surface area contributed by atoms with E-state index in [1.54, 1.807) is 26.8 Å². The van der Waals surface area contributed by atoms with Crippen LogP contribution in [0.15, 0.2) is 22.2 Å². The van der Waals surface area contributed by atoms with E-state index in [0.29, 0.717) is 21.3 Å². The first kappa shape index (κ1) is 21.3. The number of allylic oxidation sites excluding steroid dienone is 1. The van der Waals surface area contributed by atoms with Gasteiger partial charge in [-0.25, -0.2) is 4.79 Å². The van der Waals surface area contributed by atoms with Gasteiger partial charge in [0.1, 0.15) is 11.6 Å². The Morgan fingerprint density at radius 1 is 1.36 bits per heavy atom. The van der Waals surface area contributed by atoms with E-state index in [9.17, 15) is 20.0 Å². The molecule has 0 aliphatic rings. The van der Waals surface area contributed by atoms with Gasteiger partial charge in [-0.3, -0.25) is 4.79 Å². The number of carbonyl (C=O) groups excluding carboxylic acids is 2. The summed E-state index contributed by atoms with van der Waals surface area (Å²) >= 11 is 3.20. The van der Waals surface area contributed by atoms with Gasteiger partial charge in [0.2, 0.25) is 5.78 Å². The van der Waals surface area contributed by atoms with E-state index in [4.69, 9.17) is 9.47 Å². The summed E-state index contributed by atoms with van der Waals surface area (Å²) in [4.78, 5) is 27.9. The molecule has 0 unspecified atom stereocenters. The van der Waals surface area contributed by atoms with E-state index >= 15 is 0 Å². The summed E-state index contributed by atoms with van der Waals surface area (Å²) in [6, 6.07) is 4.94. The number of benzene rings is 1. The highest BCUT2D eigenvalue weighted by atomic mass is 79.9. The summed E-state index contributed by atoms with van der Waals surface area (Å²) in [7, 11) is 1.40. The lowest BCUT2D eigenvalue weighted by Crippen LogP contribution is -2.08. The van der Waals surface area contributed by atoms with Crippen LogP contribution in [0, 0.1) is 25.2 Å². The number of halogens is 1. The maximum Gasteiger partial charge on any atom is 0.340 e. The van der Waals surface area contributed by atoms with Crippen molar-refractivity contribution in [2.24, 2.45) is 0 Å². The summed E-state index contributed by atoms with van der Waals surface area (Å²) in [6.07, 6.45) is 1.38. The number of hydrogen-bond acceptors (Lipinski definition) is 6. The number of aromatic nitrogens is 1. The van der Waals surface area contributed by atoms with Crippen LogP contribution in [0.4, 0.5) is 0 Å². The van der Waals surface area contributed by atoms with Crippen LogP contribution in [0.2, 0.25) is 0 Å². The lowest BCUT2D eigenvalue weighted by atomic mass is 10.0. The second-order valence-electron chi connectivity index (χ2n) is 5.90. The molecule has 0 fully saturated rings. The topological polar surface area (TPSA) is 112 Å². The van der Waals surface area contributed by atoms with Crippen molar-refractivity contribution in [2.45, 2.75) is 20.8 Å². The van der Waals surface area contributed by atoms with Crippen molar-refractivity contribution < 1.29 is 24.2 Å². The van der Waals surface area contributed by atoms with Crippen LogP contribution in [0.3, 0.4) is 0 Å². The Hall–Kier alpha value is -3.05. The van der Waals surface area contributed by atoms with E-state index in [2.05, 4.69) is 20.9 Å². The number of rotatable bonds is 6. The highest BCUT2D eigenvalue weighted by Crippen LogP contribution is 2.36. The number of H-pyrrole nitrogens is 1. The first-order valence-corrected chi connectivity index (χ1v) is 9.13. The first-order chi connectivity index (χ1) is 13.2. The number of aromatic hydroxyl groups is 1. The Labute approximate surface area is 170 Å². The highest BCUT2D eigenvalue weighted by Gasteiger charge is 2.25. The Balaban J connectivity index is 2.49. The predicted octanol–water partition coefficient (Wildman–Crippen LogP) is 4.07. The van der Waals surface area contributed by atoms with Gasteiger partial charge in [-0.05, 0) is 66.0 Å². The quantitative estimate of drug-likeness (QED) is 0.299. The number of aryl methyl sites for hydroxylation is 1. The van der Waals surface area contributed by atoms with Crippen LogP contribution >= 0.6 is 15.9 Å². The Bertz CT molecular complexity index is 1010. The van der Waals surface area contributed by atoms with Gasteiger partial charge in [0.25, 0.3) is 0 Å². The van der Waals surface area contributed by atoms with Gasteiger partial charge in [-0.1, -0.05) is 0 Å². The highest BCUT2D eigenvalue weighted by molar-refractivity contribution is 9.10. The van der Waals surface area contributed by atoms with Crippen LogP contribution in [-0.2, 0) is 4.74 Å². The minimum atomic E-state index is -0.554. The van der Waals surface area contributed by atoms with Crippen LogP contribution in [0.25, 0.3) is 6.08 Å². The summed E-state index contributed by atoms with van der Waals surface area (Å²) in [5.41, 5.74) is 1.70. The van der Waals surface area contributed by atoms with Crippen molar-refractivity contribution in [3.8, 4) is 17.6 Å². The number of methoxy groups -OCH3 is 1. The molecule has 1 heterocycles. The van der Waals surface area contributed by atoms with Crippen molar-refractivity contribution in [3.05, 3.63) is 50.3 Å². The normalized spacial score (nSPS) is 11.1. The summed E-state index contributed by atoms with van der Waals surface area (Å²) in [5, 5.41) is 19.4. The number of ketones is 1. The molecule has 0 bridgehead atoms. The Kier molecular flexibility index (Phi) is 6.65. The number of ether oxygens (including phenoxy) is 2. The number of Topliss-reactive ketones (excluding diaryl/α,β-unsaturated/α-hetero) is 1. The van der Waals surface area contributed by atoms with E-state index in [0.717, 1.165) is 0 Å². The standard InChI is InChI=1S/C20H19BrN2O5/c1-5-28-20(26)16-10(2)17(23-11(16)3)18(24)13(9-22)6-12-7-14(21)19(25)15(8-12)27-4/h6-8,23,25H,5H2,1-4H3/b13-6+. The molecule has 0 aliphatic carbocycles. The zero-order chi connectivity index (χ0) is 21.0. The minimum Gasteiger partial charge on any atom is -0.503 e. The van der Waals surface area contributed by atoms with E-state index in [1.807, 2.05) is 6.07 Å². The number of phenols is 1. The monoisotopic (exact) mass is 446 g/mol. The summed E-state index contributed by atoms with van der Waals surface area (Å²) < 4.78 is 10.5. The molecule has 1 aromatic carbocycles. The van der Waals surface area contributed by atoms with Gasteiger partial charge in [0.05, 0.1) is 29.4 Å². The average molecular weight is 447 g/mol. The molecule has 0 spiro atoms. The molecular weight excluding hydrogens is 428 g/mol. The minimum absolute atomic E-state index is 0.0839.